The minimum atomic E-state index is -3.92. The maximum absolute atomic E-state index is 13.6. The number of carbonyl (C=O) groups excluding carboxylic acids is 2. The van der Waals surface area contributed by atoms with Crippen LogP contribution in [0.2, 0.25) is 0 Å². The zero-order valence-corrected chi connectivity index (χ0v) is 18.8. The van der Waals surface area contributed by atoms with E-state index >= 15 is 0 Å². The number of benzene rings is 2. The van der Waals surface area contributed by atoms with Crippen molar-refractivity contribution in [2.24, 2.45) is 0 Å². The molecular formula is C22H24F2N2O6S. The predicted octanol–water partition coefficient (Wildman–Crippen LogP) is 3.33. The molecule has 2 aromatic rings. The van der Waals surface area contributed by atoms with E-state index in [0.717, 1.165) is 43.9 Å². The van der Waals surface area contributed by atoms with Crippen LogP contribution in [0, 0.1) is 11.6 Å². The summed E-state index contributed by atoms with van der Waals surface area (Å²) in [6.45, 7) is -0.00353. The van der Waals surface area contributed by atoms with Gasteiger partial charge < -0.3 is 14.8 Å². The number of methoxy groups -OCH3 is 1. The first-order chi connectivity index (χ1) is 15.7. The quantitative estimate of drug-likeness (QED) is 0.608. The van der Waals surface area contributed by atoms with Crippen molar-refractivity contribution in [3.05, 3.63) is 53.6 Å². The molecule has 0 saturated carbocycles. The van der Waals surface area contributed by atoms with Crippen LogP contribution in [0.5, 0.6) is 5.75 Å². The van der Waals surface area contributed by atoms with Gasteiger partial charge in [0.25, 0.3) is 5.91 Å². The number of hydrogen-bond donors (Lipinski definition) is 1. The Morgan fingerprint density at radius 1 is 1.03 bits per heavy atom. The van der Waals surface area contributed by atoms with E-state index in [1.165, 1.54) is 23.5 Å². The molecule has 0 aromatic heterocycles. The molecule has 33 heavy (non-hydrogen) atoms. The highest BCUT2D eigenvalue weighted by Gasteiger charge is 2.29. The van der Waals surface area contributed by atoms with E-state index in [0.29, 0.717) is 19.2 Å². The van der Waals surface area contributed by atoms with Crippen LogP contribution < -0.4 is 10.1 Å². The molecule has 0 spiro atoms. The van der Waals surface area contributed by atoms with Crippen LogP contribution in [0.25, 0.3) is 0 Å². The average molecular weight is 483 g/mol. The van der Waals surface area contributed by atoms with Crippen LogP contribution in [0.1, 0.15) is 36.0 Å². The fourth-order valence-corrected chi connectivity index (χ4v) is 5.12. The maximum Gasteiger partial charge on any atom is 0.338 e. The molecule has 2 aromatic carbocycles. The Morgan fingerprint density at radius 3 is 2.36 bits per heavy atom. The Kier molecular flexibility index (Phi) is 7.98. The van der Waals surface area contributed by atoms with Gasteiger partial charge in [-0.1, -0.05) is 12.8 Å². The summed E-state index contributed by atoms with van der Waals surface area (Å²) in [5, 5.41) is 2.17. The predicted molar refractivity (Wildman–Crippen MR) is 115 cm³/mol. The third-order valence-corrected chi connectivity index (χ3v) is 7.04. The Labute approximate surface area is 190 Å². The molecular weight excluding hydrogens is 458 g/mol. The van der Waals surface area contributed by atoms with E-state index in [4.69, 9.17) is 9.47 Å². The van der Waals surface area contributed by atoms with Crippen molar-refractivity contribution in [3.63, 3.8) is 0 Å². The first-order valence-corrected chi connectivity index (χ1v) is 11.8. The number of anilines is 1. The van der Waals surface area contributed by atoms with Crippen molar-refractivity contribution in [2.75, 3.05) is 32.1 Å². The molecule has 11 heteroatoms. The fraction of sp³-hybridized carbons (Fsp3) is 0.364. The van der Waals surface area contributed by atoms with Gasteiger partial charge in [-0.15, -0.1) is 0 Å². The zero-order valence-electron chi connectivity index (χ0n) is 18.0. The molecule has 178 valence electrons. The second kappa shape index (κ2) is 10.7. The van der Waals surface area contributed by atoms with E-state index in [-0.39, 0.29) is 21.9 Å². The van der Waals surface area contributed by atoms with Crippen molar-refractivity contribution >= 4 is 27.6 Å². The highest BCUT2D eigenvalue weighted by molar-refractivity contribution is 7.89. The van der Waals surface area contributed by atoms with Crippen LogP contribution >= 0.6 is 0 Å². The third kappa shape index (κ3) is 6.05. The van der Waals surface area contributed by atoms with Gasteiger partial charge >= 0.3 is 5.97 Å². The molecule has 0 radical (unpaired) electrons. The van der Waals surface area contributed by atoms with E-state index < -0.39 is 40.1 Å². The smallest absolute Gasteiger partial charge is 0.338 e. The summed E-state index contributed by atoms with van der Waals surface area (Å²) >= 11 is 0. The number of rotatable bonds is 7. The second-order valence-electron chi connectivity index (χ2n) is 7.43. The lowest BCUT2D eigenvalue weighted by molar-refractivity contribution is -0.119. The van der Waals surface area contributed by atoms with Gasteiger partial charge in [0.15, 0.2) is 6.61 Å². The largest absolute Gasteiger partial charge is 0.495 e. The van der Waals surface area contributed by atoms with Crippen LogP contribution in [0.15, 0.2) is 41.3 Å². The topological polar surface area (TPSA) is 102 Å². The zero-order chi connectivity index (χ0) is 24.0. The van der Waals surface area contributed by atoms with Crippen LogP contribution in [0.3, 0.4) is 0 Å². The summed E-state index contributed by atoms with van der Waals surface area (Å²) in [6, 6.07) is 6.42. The molecule has 8 nitrogen and oxygen atoms in total. The van der Waals surface area contributed by atoms with Gasteiger partial charge in [-0.25, -0.2) is 22.0 Å². The Balaban J connectivity index is 1.72. The van der Waals surface area contributed by atoms with Gasteiger partial charge in [0, 0.05) is 19.2 Å². The van der Waals surface area contributed by atoms with E-state index in [1.807, 2.05) is 0 Å². The van der Waals surface area contributed by atoms with Crippen LogP contribution in [-0.4, -0.2) is 51.4 Å². The van der Waals surface area contributed by atoms with Crippen molar-refractivity contribution in [3.8, 4) is 5.75 Å². The standard InChI is InChI=1S/C22H24F2N2O6S/c1-31-19-9-6-15(12-20(19)33(29,30)26-10-4-2-3-5-11-26)22(28)32-14-21(27)25-18-8-7-16(23)13-17(18)24/h6-9,12-13H,2-5,10-11,14H2,1H3,(H,25,27). The highest BCUT2D eigenvalue weighted by atomic mass is 32.2. The molecule has 1 saturated heterocycles. The number of amides is 1. The molecule has 0 bridgehead atoms. The minimum Gasteiger partial charge on any atom is -0.495 e. The van der Waals surface area contributed by atoms with Crippen molar-refractivity contribution in [2.45, 2.75) is 30.6 Å². The molecule has 3 rings (SSSR count). The van der Waals surface area contributed by atoms with Gasteiger partial charge in [0.05, 0.1) is 18.4 Å². The van der Waals surface area contributed by atoms with Gasteiger partial charge in [-0.3, -0.25) is 4.79 Å². The maximum atomic E-state index is 13.6. The molecule has 1 aliphatic heterocycles. The van der Waals surface area contributed by atoms with E-state index in [9.17, 15) is 26.8 Å². The highest BCUT2D eigenvalue weighted by Crippen LogP contribution is 2.29. The first kappa shape index (κ1) is 24.6. The SMILES string of the molecule is COc1ccc(C(=O)OCC(=O)Nc2ccc(F)cc2F)cc1S(=O)(=O)N1CCCCCC1. The summed E-state index contributed by atoms with van der Waals surface area (Å²) in [4.78, 5) is 24.3. The number of esters is 1. The number of halogens is 2. The van der Waals surface area contributed by atoms with Crippen molar-refractivity contribution in [1.29, 1.82) is 0 Å². The summed E-state index contributed by atoms with van der Waals surface area (Å²) in [6.07, 6.45) is 3.37. The first-order valence-electron chi connectivity index (χ1n) is 10.3. The number of ether oxygens (including phenoxy) is 2. The molecule has 0 unspecified atom stereocenters. The lowest BCUT2D eigenvalue weighted by Crippen LogP contribution is -2.32. The van der Waals surface area contributed by atoms with Gasteiger partial charge in [0.2, 0.25) is 10.0 Å². The lowest BCUT2D eigenvalue weighted by atomic mass is 10.2. The third-order valence-electron chi connectivity index (χ3n) is 5.12. The Morgan fingerprint density at radius 2 is 1.73 bits per heavy atom. The van der Waals surface area contributed by atoms with E-state index in [1.54, 1.807) is 0 Å². The molecule has 1 N–H and O–H groups in total. The van der Waals surface area contributed by atoms with Crippen molar-refractivity contribution in [1.82, 2.24) is 4.31 Å². The molecule has 1 aliphatic rings. The Bertz CT molecular complexity index is 1130. The lowest BCUT2D eigenvalue weighted by Gasteiger charge is -2.21. The molecule has 1 fully saturated rings. The second-order valence-corrected chi connectivity index (χ2v) is 9.34. The van der Waals surface area contributed by atoms with Crippen LogP contribution in [0.4, 0.5) is 14.5 Å². The molecule has 1 amide bonds. The average Bonchev–Trinajstić information content (AvgIpc) is 3.09. The Hall–Kier alpha value is -3.05. The molecule has 0 aliphatic carbocycles. The number of nitrogens with one attached hydrogen (secondary N) is 1. The summed E-state index contributed by atoms with van der Waals surface area (Å²) < 4.78 is 64.5. The monoisotopic (exact) mass is 482 g/mol. The number of nitrogens with zero attached hydrogens (tertiary/aromatic N) is 1. The van der Waals surface area contributed by atoms with Gasteiger partial charge in [-0.05, 0) is 43.2 Å². The molecule has 0 atom stereocenters. The van der Waals surface area contributed by atoms with Gasteiger partial charge in [0.1, 0.15) is 22.3 Å². The van der Waals surface area contributed by atoms with Crippen LogP contribution in [-0.2, 0) is 19.6 Å². The normalized spacial score (nSPS) is 14.9. The van der Waals surface area contributed by atoms with Crippen molar-refractivity contribution < 1.29 is 36.3 Å². The summed E-state index contributed by atoms with van der Waals surface area (Å²) in [7, 11) is -2.59. The number of hydrogen-bond acceptors (Lipinski definition) is 6. The van der Waals surface area contributed by atoms with E-state index in [2.05, 4.69) is 5.32 Å². The number of sulfonamides is 1. The number of carbonyl (C=O) groups is 2. The summed E-state index contributed by atoms with van der Waals surface area (Å²) in [5.74, 6) is -3.49. The van der Waals surface area contributed by atoms with Gasteiger partial charge in [-0.2, -0.15) is 4.31 Å². The summed E-state index contributed by atoms with van der Waals surface area (Å²) in [5.41, 5.74) is -0.363. The minimum absolute atomic E-state index is 0.0836. The fourth-order valence-electron chi connectivity index (χ4n) is 3.42. The molecule has 1 heterocycles.